The number of urea groups is 1. The lowest BCUT2D eigenvalue weighted by atomic mass is 9.94. The van der Waals surface area contributed by atoms with Gasteiger partial charge in [-0.25, -0.2) is 4.79 Å². The molecule has 2 aromatic heterocycles. The van der Waals surface area contributed by atoms with Crippen LogP contribution in [0.1, 0.15) is 35.2 Å². The molecule has 4 rings (SSSR count). The van der Waals surface area contributed by atoms with E-state index in [0.717, 1.165) is 35.3 Å². The molecule has 0 spiro atoms. The van der Waals surface area contributed by atoms with Gasteiger partial charge in [0.2, 0.25) is 0 Å². The first-order valence-corrected chi connectivity index (χ1v) is 10.2. The number of fused-ring (bicyclic) bond motifs is 1. The minimum absolute atomic E-state index is 0.191. The van der Waals surface area contributed by atoms with Gasteiger partial charge in [0.1, 0.15) is 0 Å². The van der Waals surface area contributed by atoms with Crippen LogP contribution in [0.4, 0.5) is 10.5 Å². The molecule has 2 amide bonds. The predicted molar refractivity (Wildman–Crippen MR) is 115 cm³/mol. The van der Waals surface area contributed by atoms with Gasteiger partial charge in [-0.2, -0.15) is 5.10 Å². The Morgan fingerprint density at radius 3 is 2.66 bits per heavy atom. The smallest absolute Gasteiger partial charge is 0.319 e. The van der Waals surface area contributed by atoms with Gasteiger partial charge in [0.25, 0.3) is 0 Å². The molecule has 6 nitrogen and oxygen atoms in total. The zero-order valence-corrected chi connectivity index (χ0v) is 17.0. The van der Waals surface area contributed by atoms with Crippen LogP contribution in [0, 0.1) is 13.8 Å². The number of anilines is 1. The van der Waals surface area contributed by atoms with E-state index in [1.54, 1.807) is 0 Å². The van der Waals surface area contributed by atoms with Crippen LogP contribution >= 0.6 is 0 Å². The Bertz CT molecular complexity index is 1010. The van der Waals surface area contributed by atoms with Crippen molar-refractivity contribution < 1.29 is 4.79 Å². The lowest BCUT2D eigenvalue weighted by Gasteiger charge is -2.15. The molecule has 2 N–H and O–H groups in total. The second kappa shape index (κ2) is 8.47. The predicted octanol–water partition coefficient (Wildman–Crippen LogP) is 4.26. The van der Waals surface area contributed by atoms with Crippen LogP contribution in [-0.4, -0.2) is 27.3 Å². The number of aromatic nitrogens is 3. The fourth-order valence-corrected chi connectivity index (χ4v) is 3.87. The van der Waals surface area contributed by atoms with E-state index in [9.17, 15) is 4.79 Å². The number of hydrogen-bond acceptors (Lipinski definition) is 3. The molecule has 3 aromatic rings. The number of aryl methyl sites for hydroxylation is 2. The highest BCUT2D eigenvalue weighted by Crippen LogP contribution is 2.30. The second-order valence-corrected chi connectivity index (χ2v) is 7.62. The summed E-state index contributed by atoms with van der Waals surface area (Å²) in [5, 5.41) is 10.7. The Balaban J connectivity index is 1.41. The Hall–Kier alpha value is -3.15. The van der Waals surface area contributed by atoms with E-state index in [4.69, 9.17) is 5.10 Å². The number of carbonyl (C=O) groups excluding carboxylic acids is 1. The molecule has 0 bridgehead atoms. The number of rotatable bonds is 5. The van der Waals surface area contributed by atoms with E-state index in [0.29, 0.717) is 13.1 Å². The third-order valence-corrected chi connectivity index (χ3v) is 5.58. The zero-order chi connectivity index (χ0) is 20.2. The molecule has 0 aliphatic heterocycles. The van der Waals surface area contributed by atoms with Crippen molar-refractivity contribution >= 4 is 11.7 Å². The Morgan fingerprint density at radius 1 is 1.07 bits per heavy atom. The maximum Gasteiger partial charge on any atom is 0.319 e. The molecule has 0 atom stereocenters. The molecule has 0 radical (unpaired) electrons. The second-order valence-electron chi connectivity index (χ2n) is 7.62. The maximum absolute atomic E-state index is 12.3. The van der Waals surface area contributed by atoms with E-state index in [1.807, 2.05) is 49.6 Å². The molecule has 2 heterocycles. The van der Waals surface area contributed by atoms with Gasteiger partial charge in [0, 0.05) is 41.4 Å². The molecular weight excluding hydrogens is 362 g/mol. The number of nitrogens with zero attached hydrogens (tertiary/aromatic N) is 3. The van der Waals surface area contributed by atoms with Crippen molar-refractivity contribution in [1.82, 2.24) is 20.1 Å². The highest BCUT2D eigenvalue weighted by molar-refractivity contribution is 5.89. The minimum Gasteiger partial charge on any atom is -0.336 e. The number of amides is 2. The third kappa shape index (κ3) is 4.31. The summed E-state index contributed by atoms with van der Waals surface area (Å²) >= 11 is 0. The average Bonchev–Trinajstić information content (AvgIpc) is 3.10. The number of pyridine rings is 1. The number of carbonyl (C=O) groups is 1. The normalized spacial score (nSPS) is 13.0. The van der Waals surface area contributed by atoms with Crippen LogP contribution in [0.3, 0.4) is 0 Å². The number of benzene rings is 1. The highest BCUT2D eigenvalue weighted by Gasteiger charge is 2.21. The van der Waals surface area contributed by atoms with Crippen LogP contribution in [0.5, 0.6) is 0 Å². The van der Waals surface area contributed by atoms with Gasteiger partial charge in [0.05, 0.1) is 12.2 Å². The summed E-state index contributed by atoms with van der Waals surface area (Å²) in [7, 11) is 0. The molecule has 1 aromatic carbocycles. The summed E-state index contributed by atoms with van der Waals surface area (Å²) < 4.78 is 2.07. The maximum atomic E-state index is 12.3. The van der Waals surface area contributed by atoms with Crippen molar-refractivity contribution in [2.24, 2.45) is 0 Å². The zero-order valence-electron chi connectivity index (χ0n) is 17.0. The quantitative estimate of drug-likeness (QED) is 0.685. The fraction of sp³-hybridized carbons (Fsp3) is 0.348. The molecule has 150 valence electrons. The van der Waals surface area contributed by atoms with Crippen molar-refractivity contribution in [2.45, 2.75) is 46.1 Å². The molecule has 29 heavy (non-hydrogen) atoms. The molecule has 0 fully saturated rings. The van der Waals surface area contributed by atoms with Crippen molar-refractivity contribution in [3.8, 4) is 11.3 Å². The van der Waals surface area contributed by atoms with Crippen LogP contribution in [0.15, 0.2) is 42.7 Å². The van der Waals surface area contributed by atoms with Gasteiger partial charge in [-0.05, 0) is 74.9 Å². The Labute approximate surface area is 171 Å². The molecular formula is C23H27N5O. The van der Waals surface area contributed by atoms with E-state index in [2.05, 4.69) is 27.2 Å². The summed E-state index contributed by atoms with van der Waals surface area (Å²) in [6.07, 6.45) is 8.11. The van der Waals surface area contributed by atoms with E-state index in [1.165, 1.54) is 29.7 Å². The molecule has 0 unspecified atom stereocenters. The molecule has 1 aliphatic rings. The van der Waals surface area contributed by atoms with Crippen LogP contribution in [0.25, 0.3) is 11.3 Å². The van der Waals surface area contributed by atoms with Gasteiger partial charge >= 0.3 is 6.03 Å². The van der Waals surface area contributed by atoms with Gasteiger partial charge in [-0.3, -0.25) is 9.67 Å². The SMILES string of the molecule is Cc1ccc(NC(=O)NCCn2nc(-c3ccncc3)c3c2CCCC3)cc1C. The largest absolute Gasteiger partial charge is 0.336 e. The molecule has 1 aliphatic carbocycles. The third-order valence-electron chi connectivity index (χ3n) is 5.58. The first-order valence-electron chi connectivity index (χ1n) is 10.2. The standard InChI is InChI=1S/C23H27N5O/c1-16-7-8-19(15-17(16)2)26-23(29)25-13-14-28-21-6-4-3-5-20(21)22(27-28)18-9-11-24-12-10-18/h7-12,15H,3-6,13-14H2,1-2H3,(H2,25,26,29). The van der Waals surface area contributed by atoms with Gasteiger partial charge in [-0.1, -0.05) is 6.07 Å². The molecule has 0 saturated carbocycles. The number of nitrogens with one attached hydrogen (secondary N) is 2. The average molecular weight is 390 g/mol. The number of hydrogen-bond donors (Lipinski definition) is 2. The Kier molecular flexibility index (Phi) is 5.60. The van der Waals surface area contributed by atoms with E-state index in [-0.39, 0.29) is 6.03 Å². The first-order chi connectivity index (χ1) is 14.1. The topological polar surface area (TPSA) is 71.8 Å². The lowest BCUT2D eigenvalue weighted by Crippen LogP contribution is -2.32. The first kappa shape index (κ1) is 19.2. The van der Waals surface area contributed by atoms with Crippen molar-refractivity contribution in [3.05, 3.63) is 65.1 Å². The summed E-state index contributed by atoms with van der Waals surface area (Å²) in [6, 6.07) is 9.76. The minimum atomic E-state index is -0.191. The highest BCUT2D eigenvalue weighted by atomic mass is 16.2. The van der Waals surface area contributed by atoms with Crippen molar-refractivity contribution in [2.75, 3.05) is 11.9 Å². The summed E-state index contributed by atoms with van der Waals surface area (Å²) in [6.45, 7) is 5.29. The van der Waals surface area contributed by atoms with E-state index >= 15 is 0 Å². The monoisotopic (exact) mass is 389 g/mol. The van der Waals surface area contributed by atoms with Crippen molar-refractivity contribution in [1.29, 1.82) is 0 Å². The molecule has 6 heteroatoms. The van der Waals surface area contributed by atoms with Crippen molar-refractivity contribution in [3.63, 3.8) is 0 Å². The fourth-order valence-electron chi connectivity index (χ4n) is 3.87. The van der Waals surface area contributed by atoms with Gasteiger partial charge in [0.15, 0.2) is 0 Å². The summed E-state index contributed by atoms with van der Waals surface area (Å²) in [5.74, 6) is 0. The Morgan fingerprint density at radius 2 is 1.86 bits per heavy atom. The lowest BCUT2D eigenvalue weighted by molar-refractivity contribution is 0.251. The van der Waals surface area contributed by atoms with Gasteiger partial charge < -0.3 is 10.6 Å². The van der Waals surface area contributed by atoms with Crippen LogP contribution < -0.4 is 10.6 Å². The van der Waals surface area contributed by atoms with E-state index < -0.39 is 0 Å². The van der Waals surface area contributed by atoms with Crippen LogP contribution in [-0.2, 0) is 19.4 Å². The summed E-state index contributed by atoms with van der Waals surface area (Å²) in [4.78, 5) is 16.4. The molecule has 0 saturated heterocycles. The summed E-state index contributed by atoms with van der Waals surface area (Å²) in [5.41, 5.74) is 8.00. The van der Waals surface area contributed by atoms with Gasteiger partial charge in [-0.15, -0.1) is 0 Å². The van der Waals surface area contributed by atoms with Crippen LogP contribution in [0.2, 0.25) is 0 Å².